The summed E-state index contributed by atoms with van der Waals surface area (Å²) in [5, 5.41) is 11.2. The number of pyridine rings is 1. The van der Waals surface area contributed by atoms with Crippen molar-refractivity contribution < 1.29 is 33.2 Å². The molecule has 2 heterocycles. The molecule has 1 fully saturated rings. The van der Waals surface area contributed by atoms with Crippen LogP contribution in [0.3, 0.4) is 0 Å². The Hall–Kier alpha value is -2.42. The van der Waals surface area contributed by atoms with Crippen molar-refractivity contribution in [2.24, 2.45) is 5.92 Å². The largest absolute Gasteiger partial charge is 1.00 e. The molecule has 0 aliphatic heterocycles. The minimum Gasteiger partial charge on any atom is -0.507 e. The summed E-state index contributed by atoms with van der Waals surface area (Å²) in [4.78, 5) is 27.5. The van der Waals surface area contributed by atoms with E-state index in [0.29, 0.717) is 22.2 Å². The maximum atomic E-state index is 12.6. The number of halogens is 1. The van der Waals surface area contributed by atoms with Gasteiger partial charge in [0.25, 0.3) is 0 Å². The molecule has 0 atom stereocenters. The van der Waals surface area contributed by atoms with Gasteiger partial charge in [0.2, 0.25) is 5.13 Å². The number of ether oxygens (including phenoxy) is 1. The van der Waals surface area contributed by atoms with Gasteiger partial charge >= 0.3 is 18.9 Å². The molecule has 30 heavy (non-hydrogen) atoms. The first kappa shape index (κ1) is 25.6. The fraction of sp³-hybridized carbons (Fsp3) is 0.200. The topological polar surface area (TPSA) is 94.1 Å². The fourth-order valence-electron chi connectivity index (χ4n) is 2.14. The van der Waals surface area contributed by atoms with Crippen LogP contribution in [-0.2, 0) is 9.59 Å². The molecule has 1 N–H and O–H groups in total. The van der Waals surface area contributed by atoms with Crippen LogP contribution in [0.1, 0.15) is 23.4 Å². The summed E-state index contributed by atoms with van der Waals surface area (Å²) in [7, 11) is 1.42. The zero-order valence-electron chi connectivity index (χ0n) is 16.7. The quantitative estimate of drug-likeness (QED) is 0.175. The summed E-state index contributed by atoms with van der Waals surface area (Å²) in [6.07, 6.45) is 6.05. The van der Waals surface area contributed by atoms with E-state index in [1.807, 2.05) is 0 Å². The van der Waals surface area contributed by atoms with Crippen molar-refractivity contribution >= 4 is 45.8 Å². The first-order chi connectivity index (χ1) is 13.5. The number of rotatable bonds is 6. The summed E-state index contributed by atoms with van der Waals surface area (Å²) < 4.78 is 5.19. The van der Waals surface area contributed by atoms with Gasteiger partial charge in [0.15, 0.2) is 10.9 Å². The van der Waals surface area contributed by atoms with Crippen molar-refractivity contribution in [2.75, 3.05) is 12.4 Å². The van der Waals surface area contributed by atoms with Crippen LogP contribution >= 0.6 is 22.9 Å². The van der Waals surface area contributed by atoms with Crippen molar-refractivity contribution in [3.05, 3.63) is 53.6 Å². The van der Waals surface area contributed by atoms with E-state index >= 15 is 0 Å². The molecule has 10 heteroatoms. The third-order valence-electron chi connectivity index (χ3n) is 3.69. The zero-order valence-corrected chi connectivity index (χ0v) is 18.2. The second-order valence-corrected chi connectivity index (χ2v) is 7.07. The van der Waals surface area contributed by atoms with Gasteiger partial charge in [-0.25, -0.2) is 17.1 Å². The van der Waals surface area contributed by atoms with Crippen LogP contribution in [-0.4, -0.2) is 34.5 Å². The second kappa shape index (κ2) is 11.7. The minimum absolute atomic E-state index is 0. The molecule has 2 aromatic rings. The minimum atomic E-state index is -0.659. The number of nitrogens with one attached hydrogen (secondary N) is 1. The number of hydrogen-bond acceptors (Lipinski definition) is 7. The summed E-state index contributed by atoms with van der Waals surface area (Å²) in [6.45, 7) is 6.11. The summed E-state index contributed by atoms with van der Waals surface area (Å²) in [6, 6.07) is 1.43. The average Bonchev–Trinajstić information content (AvgIpc) is 3.42. The van der Waals surface area contributed by atoms with E-state index < -0.39 is 5.91 Å². The van der Waals surface area contributed by atoms with Crippen molar-refractivity contribution in [3.8, 4) is 17.6 Å². The first-order valence-electron chi connectivity index (χ1n) is 8.08. The molecule has 1 aliphatic carbocycles. The molecule has 0 spiro atoms. The molecule has 0 radical (unpaired) electrons. The molecule has 0 unspecified atom stereocenters. The Morgan fingerprint density at radius 3 is 2.83 bits per heavy atom. The number of carbonyl (C=O) groups excluding carboxylic acids is 2. The normalized spacial score (nSPS) is 12.4. The molecule has 7 nitrogen and oxygen atoms in total. The van der Waals surface area contributed by atoms with Crippen molar-refractivity contribution in [2.45, 2.75) is 12.8 Å². The monoisotopic (exact) mass is 434 g/mol. The maximum Gasteiger partial charge on any atom is 1.00 e. The first-order valence-corrected chi connectivity index (χ1v) is 9.28. The number of hydrogen-bond donors (Lipinski definition) is 1. The number of nitrogens with zero attached hydrogens (tertiary/aromatic N) is 3. The molecule has 1 aliphatic rings. The van der Waals surface area contributed by atoms with Gasteiger partial charge in [-0.2, -0.15) is 6.08 Å². The molecule has 3 rings (SSSR count). The SMILES string of the molecule is [CH-]=C(/C(=C\[C-]=O)C(=O)Nc1nnc(C#CC2CC2)s1)c1cc(Cl)ncc1OC.[CH3-].[Li+]. The average molecular weight is 435 g/mol. The van der Waals surface area contributed by atoms with Crippen molar-refractivity contribution in [1.29, 1.82) is 0 Å². The molecule has 0 bridgehead atoms. The van der Waals surface area contributed by atoms with Gasteiger partial charge in [0, 0.05) is 5.92 Å². The van der Waals surface area contributed by atoms with Crippen LogP contribution < -0.4 is 28.9 Å². The Labute approximate surface area is 196 Å². The van der Waals surface area contributed by atoms with Crippen LogP contribution in [0.5, 0.6) is 5.75 Å². The van der Waals surface area contributed by atoms with E-state index in [1.54, 1.807) is 6.29 Å². The van der Waals surface area contributed by atoms with Gasteiger partial charge in [0.1, 0.15) is 5.15 Å². The molecule has 2 aromatic heterocycles. The van der Waals surface area contributed by atoms with Gasteiger partial charge in [-0.05, 0) is 25.0 Å². The Balaban J connectivity index is 0.00000225. The van der Waals surface area contributed by atoms with E-state index in [1.165, 1.54) is 19.4 Å². The molecular formula is C20H16ClLiN4O3S-2. The predicted molar refractivity (Wildman–Crippen MR) is 112 cm³/mol. The van der Waals surface area contributed by atoms with Crippen LogP contribution in [0.15, 0.2) is 23.9 Å². The molecule has 0 saturated heterocycles. The summed E-state index contributed by atoms with van der Waals surface area (Å²) in [5.74, 6) is 6.05. The third-order valence-corrected chi connectivity index (χ3v) is 4.65. The van der Waals surface area contributed by atoms with Crippen LogP contribution in [0.2, 0.25) is 5.15 Å². The maximum absolute atomic E-state index is 12.6. The fourth-order valence-corrected chi connectivity index (χ4v) is 2.90. The van der Waals surface area contributed by atoms with Crippen LogP contribution in [0, 0.1) is 31.8 Å². The van der Waals surface area contributed by atoms with Gasteiger partial charge in [-0.15, -0.1) is 15.8 Å². The van der Waals surface area contributed by atoms with Crippen molar-refractivity contribution in [3.63, 3.8) is 0 Å². The van der Waals surface area contributed by atoms with E-state index in [4.69, 9.17) is 22.9 Å². The molecule has 0 aromatic carbocycles. The molecule has 1 saturated carbocycles. The van der Waals surface area contributed by atoms with Gasteiger partial charge < -0.3 is 22.3 Å². The summed E-state index contributed by atoms with van der Waals surface area (Å²) >= 11 is 7.03. The third kappa shape index (κ3) is 6.55. The number of amides is 1. The van der Waals surface area contributed by atoms with Gasteiger partial charge in [-0.1, -0.05) is 40.5 Å². The van der Waals surface area contributed by atoms with E-state index in [0.717, 1.165) is 30.3 Å². The van der Waals surface area contributed by atoms with Crippen LogP contribution in [0.25, 0.3) is 5.57 Å². The Kier molecular flexibility index (Phi) is 9.97. The Morgan fingerprint density at radius 2 is 2.20 bits per heavy atom. The second-order valence-electron chi connectivity index (χ2n) is 5.71. The molecule has 150 valence electrons. The van der Waals surface area contributed by atoms with E-state index in [9.17, 15) is 9.59 Å². The summed E-state index contributed by atoms with van der Waals surface area (Å²) in [5.41, 5.74) is 0.157. The number of aromatic nitrogens is 3. The van der Waals surface area contributed by atoms with E-state index in [2.05, 4.69) is 32.3 Å². The molecule has 1 amide bonds. The Bertz CT molecular complexity index is 1040. The molecular weight excluding hydrogens is 419 g/mol. The standard InChI is InChI=1S/C19H13ClN4O3S.CH3.Li/c1-11(14-9-16(20)21-10-15(14)27-2)13(7-8-25)18(26)22-19-24-23-17(28-19)6-5-12-3-4-12;;/h1,7,9-10,12H,3-4H2,2H3,(H,22,24,26);1H3;/q-2;-1;+1/b13-7+;;. The van der Waals surface area contributed by atoms with Crippen LogP contribution in [0.4, 0.5) is 5.13 Å². The predicted octanol–water partition coefficient (Wildman–Crippen LogP) is 0.302. The number of methoxy groups -OCH3 is 1. The van der Waals surface area contributed by atoms with Gasteiger partial charge in [0.05, 0.1) is 19.1 Å². The zero-order chi connectivity index (χ0) is 20.1. The van der Waals surface area contributed by atoms with Crippen molar-refractivity contribution in [1.82, 2.24) is 15.2 Å². The number of carbonyl (C=O) groups is 1. The number of allylic oxidation sites excluding steroid dienone is 1. The van der Waals surface area contributed by atoms with Gasteiger partial charge in [-0.3, -0.25) is 4.79 Å². The number of anilines is 1. The Morgan fingerprint density at radius 1 is 1.47 bits per heavy atom. The van der Waals surface area contributed by atoms with E-state index in [-0.39, 0.29) is 47.7 Å². The smallest absolute Gasteiger partial charge is 0.507 e.